The van der Waals surface area contributed by atoms with E-state index in [9.17, 15) is 32.9 Å². The fourth-order valence-electron chi connectivity index (χ4n) is 2.44. The van der Waals surface area contributed by atoms with Crippen LogP contribution in [0.4, 0.5) is 5.69 Å². The molecule has 0 unspecified atom stereocenters. The highest BCUT2D eigenvalue weighted by Crippen LogP contribution is 2.23. The third-order valence-corrected chi connectivity index (χ3v) is 5.75. The lowest BCUT2D eigenvalue weighted by molar-refractivity contribution is -0.384. The normalized spacial score (nSPS) is 11.3. The second-order valence-electron chi connectivity index (χ2n) is 5.66. The van der Waals surface area contributed by atoms with Crippen LogP contribution in [0, 0.1) is 10.1 Å². The van der Waals surface area contributed by atoms with E-state index in [0.717, 1.165) is 24.3 Å². The summed E-state index contributed by atoms with van der Waals surface area (Å²) in [5.74, 6) is 0. The summed E-state index contributed by atoms with van der Waals surface area (Å²) in [5.41, 5.74) is -2.91. The van der Waals surface area contributed by atoms with Gasteiger partial charge in [-0.15, -0.1) is 0 Å². The number of non-ortho nitro benzene ring substituents is 1. The minimum absolute atomic E-state index is 0.0597. The maximum absolute atomic E-state index is 12.6. The van der Waals surface area contributed by atoms with E-state index in [2.05, 4.69) is 0 Å². The molecular weight excluding hydrogens is 392 g/mol. The third kappa shape index (κ3) is 3.16. The van der Waals surface area contributed by atoms with E-state index in [1.165, 1.54) is 31.3 Å². The molecule has 2 aromatic carbocycles. The zero-order valence-corrected chi connectivity index (χ0v) is 15.0. The minimum atomic E-state index is -3.97. The molecule has 28 heavy (non-hydrogen) atoms. The van der Waals surface area contributed by atoms with E-state index in [4.69, 9.17) is 0 Å². The Kier molecular flexibility index (Phi) is 4.56. The Bertz CT molecular complexity index is 1350. The Balaban J connectivity index is 2.05. The molecule has 0 bridgehead atoms. The van der Waals surface area contributed by atoms with E-state index in [0.29, 0.717) is 9.13 Å². The SMILES string of the molecule is Cn1c(=O)[nH]c(=O)n(-c2ccc(S(=O)(=O)c3ccc([N+](=O)[O-])cc3)cc2)c1=O. The fraction of sp³-hybridized carbons (Fsp3) is 0.0625. The maximum Gasteiger partial charge on any atom is 0.340 e. The molecule has 0 aliphatic heterocycles. The Labute approximate surface area is 156 Å². The van der Waals surface area contributed by atoms with E-state index < -0.39 is 31.8 Å². The molecule has 0 amide bonds. The molecule has 144 valence electrons. The quantitative estimate of drug-likeness (QED) is 0.473. The molecule has 12 heteroatoms. The van der Waals surface area contributed by atoms with Gasteiger partial charge in [0.2, 0.25) is 9.84 Å². The van der Waals surface area contributed by atoms with Crippen LogP contribution in [-0.4, -0.2) is 27.5 Å². The van der Waals surface area contributed by atoms with E-state index in [1.54, 1.807) is 0 Å². The van der Waals surface area contributed by atoms with Crippen LogP contribution in [0.25, 0.3) is 5.69 Å². The molecule has 1 aromatic heterocycles. The number of benzene rings is 2. The Morgan fingerprint density at radius 3 is 1.89 bits per heavy atom. The van der Waals surface area contributed by atoms with Crippen LogP contribution in [0.2, 0.25) is 0 Å². The van der Waals surface area contributed by atoms with Crippen LogP contribution in [0.3, 0.4) is 0 Å². The first kappa shape index (κ1) is 19.0. The summed E-state index contributed by atoms with van der Waals surface area (Å²) in [5, 5.41) is 10.7. The van der Waals surface area contributed by atoms with Gasteiger partial charge in [-0.05, 0) is 36.4 Å². The van der Waals surface area contributed by atoms with Crippen molar-refractivity contribution in [1.82, 2.24) is 14.1 Å². The lowest BCUT2D eigenvalue weighted by atomic mass is 10.3. The van der Waals surface area contributed by atoms with Crippen LogP contribution >= 0.6 is 0 Å². The van der Waals surface area contributed by atoms with Crippen molar-refractivity contribution in [2.24, 2.45) is 7.05 Å². The second-order valence-corrected chi connectivity index (χ2v) is 7.61. The van der Waals surface area contributed by atoms with Crippen LogP contribution in [0.5, 0.6) is 0 Å². The van der Waals surface area contributed by atoms with Crippen LogP contribution in [-0.2, 0) is 16.9 Å². The molecule has 0 saturated carbocycles. The molecule has 0 aliphatic carbocycles. The van der Waals surface area contributed by atoms with Crippen molar-refractivity contribution in [2.75, 3.05) is 0 Å². The highest BCUT2D eigenvalue weighted by atomic mass is 32.2. The summed E-state index contributed by atoms with van der Waals surface area (Å²) in [6, 6.07) is 9.22. The number of hydrogen-bond donors (Lipinski definition) is 1. The summed E-state index contributed by atoms with van der Waals surface area (Å²) < 4.78 is 26.7. The second kappa shape index (κ2) is 6.74. The molecule has 11 nitrogen and oxygen atoms in total. The van der Waals surface area contributed by atoms with E-state index in [-0.39, 0.29) is 21.2 Å². The van der Waals surface area contributed by atoms with Crippen LogP contribution < -0.4 is 17.1 Å². The van der Waals surface area contributed by atoms with Gasteiger partial charge >= 0.3 is 17.1 Å². The lowest BCUT2D eigenvalue weighted by Gasteiger charge is -2.08. The van der Waals surface area contributed by atoms with Crippen molar-refractivity contribution in [2.45, 2.75) is 9.79 Å². The number of nitro groups is 1. The summed E-state index contributed by atoms with van der Waals surface area (Å²) in [4.78, 5) is 47.2. The summed E-state index contributed by atoms with van der Waals surface area (Å²) in [6.45, 7) is 0. The van der Waals surface area contributed by atoms with Gasteiger partial charge in [0.15, 0.2) is 0 Å². The lowest BCUT2D eigenvalue weighted by Crippen LogP contribution is -2.47. The zero-order chi connectivity index (χ0) is 20.6. The van der Waals surface area contributed by atoms with Gasteiger partial charge in [0, 0.05) is 19.2 Å². The Morgan fingerprint density at radius 2 is 1.39 bits per heavy atom. The zero-order valence-electron chi connectivity index (χ0n) is 14.2. The number of rotatable bonds is 4. The van der Waals surface area contributed by atoms with Crippen molar-refractivity contribution in [3.63, 3.8) is 0 Å². The van der Waals surface area contributed by atoms with Crippen molar-refractivity contribution >= 4 is 15.5 Å². The van der Waals surface area contributed by atoms with Crippen molar-refractivity contribution < 1.29 is 13.3 Å². The van der Waals surface area contributed by atoms with E-state index in [1.807, 2.05) is 4.98 Å². The van der Waals surface area contributed by atoms with Gasteiger partial charge in [-0.25, -0.2) is 31.9 Å². The van der Waals surface area contributed by atoms with Gasteiger partial charge in [0.25, 0.3) is 5.69 Å². The van der Waals surface area contributed by atoms with Gasteiger partial charge in [-0.3, -0.25) is 15.1 Å². The number of aromatic nitrogens is 3. The first-order valence-corrected chi connectivity index (χ1v) is 9.13. The first-order chi connectivity index (χ1) is 13.1. The average molecular weight is 404 g/mol. The highest BCUT2D eigenvalue weighted by Gasteiger charge is 2.19. The van der Waals surface area contributed by atoms with Crippen molar-refractivity contribution in [3.05, 3.63) is 90.1 Å². The standard InChI is InChI=1S/C16H12N4O7S/c1-18-14(21)17-15(22)19(16(18)23)10-2-6-12(7-3-10)28(26,27)13-8-4-11(5-9-13)20(24)25/h2-9H,1H3,(H,17,21,22). The molecule has 3 rings (SSSR count). The maximum atomic E-state index is 12.6. The van der Waals surface area contributed by atoms with Crippen molar-refractivity contribution in [1.29, 1.82) is 0 Å². The molecule has 0 fully saturated rings. The smallest absolute Gasteiger partial charge is 0.258 e. The largest absolute Gasteiger partial charge is 0.340 e. The molecule has 0 saturated heterocycles. The Hall–Kier alpha value is -3.80. The number of nitrogens with zero attached hydrogens (tertiary/aromatic N) is 3. The summed E-state index contributed by atoms with van der Waals surface area (Å²) >= 11 is 0. The number of nitro benzene ring substituents is 1. The predicted octanol–water partition coefficient (Wildman–Crippen LogP) is -0.0345. The highest BCUT2D eigenvalue weighted by molar-refractivity contribution is 7.91. The number of nitrogens with one attached hydrogen (secondary N) is 1. The number of H-pyrrole nitrogens is 1. The molecule has 3 aromatic rings. The fourth-order valence-corrected chi connectivity index (χ4v) is 3.70. The number of sulfone groups is 1. The third-order valence-electron chi connectivity index (χ3n) is 3.96. The minimum Gasteiger partial charge on any atom is -0.258 e. The Morgan fingerprint density at radius 1 is 0.893 bits per heavy atom. The molecular formula is C16H12N4O7S. The molecule has 0 spiro atoms. The monoisotopic (exact) mass is 404 g/mol. The predicted molar refractivity (Wildman–Crippen MR) is 96.4 cm³/mol. The van der Waals surface area contributed by atoms with Gasteiger partial charge in [0.05, 0.1) is 20.4 Å². The average Bonchev–Trinajstić information content (AvgIpc) is 2.66. The molecule has 1 heterocycles. The van der Waals surface area contributed by atoms with Gasteiger partial charge < -0.3 is 0 Å². The molecule has 0 radical (unpaired) electrons. The summed E-state index contributed by atoms with van der Waals surface area (Å²) in [6.07, 6.45) is 0. The molecule has 0 atom stereocenters. The van der Waals surface area contributed by atoms with Gasteiger partial charge in [-0.1, -0.05) is 0 Å². The van der Waals surface area contributed by atoms with Crippen LogP contribution in [0.15, 0.2) is 72.7 Å². The van der Waals surface area contributed by atoms with Crippen molar-refractivity contribution in [3.8, 4) is 5.69 Å². The number of hydrogen-bond acceptors (Lipinski definition) is 7. The van der Waals surface area contributed by atoms with Gasteiger partial charge in [-0.2, -0.15) is 0 Å². The van der Waals surface area contributed by atoms with Gasteiger partial charge in [0.1, 0.15) is 0 Å². The molecule has 0 aliphatic rings. The van der Waals surface area contributed by atoms with E-state index >= 15 is 0 Å². The van der Waals surface area contributed by atoms with Crippen LogP contribution in [0.1, 0.15) is 0 Å². The molecule has 1 N–H and O–H groups in total. The number of aromatic amines is 1. The first-order valence-electron chi connectivity index (χ1n) is 7.65. The topological polar surface area (TPSA) is 154 Å². The summed E-state index contributed by atoms with van der Waals surface area (Å²) in [7, 11) is -2.78.